The van der Waals surface area contributed by atoms with Gasteiger partial charge in [-0.3, -0.25) is 9.89 Å². The average Bonchev–Trinajstić information content (AvgIpc) is 3.14. The highest BCUT2D eigenvalue weighted by Gasteiger charge is 2.41. The van der Waals surface area contributed by atoms with Crippen molar-refractivity contribution in [1.82, 2.24) is 15.1 Å². The van der Waals surface area contributed by atoms with Crippen molar-refractivity contribution in [2.24, 2.45) is 4.99 Å². The molecule has 0 unspecified atom stereocenters. The van der Waals surface area contributed by atoms with Crippen LogP contribution in [0.1, 0.15) is 51.4 Å². The highest BCUT2D eigenvalue weighted by Crippen LogP contribution is 2.36. The summed E-state index contributed by atoms with van der Waals surface area (Å²) in [5, 5.41) is 13.4. The number of guanidine groups is 1. The van der Waals surface area contributed by atoms with Crippen LogP contribution in [-0.4, -0.2) is 85.5 Å². The van der Waals surface area contributed by atoms with E-state index in [4.69, 9.17) is 4.74 Å². The lowest BCUT2D eigenvalue weighted by Gasteiger charge is -2.45. The lowest BCUT2D eigenvalue weighted by atomic mass is 9.91. The number of methoxy groups -OCH3 is 1. The normalized spacial score (nSPS) is 27.0. The molecule has 6 heteroatoms. The number of nitrogens with one attached hydrogen (secondary N) is 1. The van der Waals surface area contributed by atoms with Crippen LogP contribution in [-0.2, 0) is 4.74 Å². The fourth-order valence-electron chi connectivity index (χ4n) is 4.86. The lowest BCUT2D eigenvalue weighted by molar-refractivity contribution is -0.00189. The van der Waals surface area contributed by atoms with E-state index in [1.165, 1.54) is 25.7 Å². The maximum atomic E-state index is 9.73. The van der Waals surface area contributed by atoms with E-state index in [2.05, 4.69) is 20.1 Å². The van der Waals surface area contributed by atoms with E-state index in [-0.39, 0.29) is 11.6 Å². The molecule has 6 nitrogen and oxygen atoms in total. The monoisotopic (exact) mass is 352 g/mol. The Morgan fingerprint density at radius 1 is 1.12 bits per heavy atom. The van der Waals surface area contributed by atoms with E-state index in [0.29, 0.717) is 6.10 Å². The Bertz CT molecular complexity index is 435. The molecule has 25 heavy (non-hydrogen) atoms. The van der Waals surface area contributed by atoms with E-state index in [1.54, 1.807) is 0 Å². The van der Waals surface area contributed by atoms with Gasteiger partial charge in [-0.1, -0.05) is 12.8 Å². The molecular weight excluding hydrogens is 316 g/mol. The molecule has 0 spiro atoms. The van der Waals surface area contributed by atoms with Crippen LogP contribution in [0, 0.1) is 0 Å². The predicted octanol–water partition coefficient (Wildman–Crippen LogP) is 1.44. The number of aliphatic hydroxyl groups excluding tert-OH is 1. The molecule has 2 aliphatic heterocycles. The van der Waals surface area contributed by atoms with Crippen molar-refractivity contribution in [2.75, 3.05) is 46.9 Å². The number of aliphatic imine (C=N–C) groups is 1. The fraction of sp³-hybridized carbons (Fsp3) is 0.947. The van der Waals surface area contributed by atoms with Crippen LogP contribution in [0.5, 0.6) is 0 Å². The summed E-state index contributed by atoms with van der Waals surface area (Å²) in [5.74, 6) is 1.00. The van der Waals surface area contributed by atoms with E-state index in [1.807, 2.05) is 14.2 Å². The fourth-order valence-corrected chi connectivity index (χ4v) is 4.86. The molecule has 3 aliphatic rings. The average molecular weight is 353 g/mol. The third-order valence-electron chi connectivity index (χ3n) is 6.53. The molecule has 0 atom stereocenters. The van der Waals surface area contributed by atoms with Crippen molar-refractivity contribution >= 4 is 5.96 Å². The molecule has 0 aromatic carbocycles. The summed E-state index contributed by atoms with van der Waals surface area (Å²) in [6.07, 6.45) is 9.52. The smallest absolute Gasteiger partial charge is 0.193 e. The second kappa shape index (κ2) is 8.69. The van der Waals surface area contributed by atoms with Crippen LogP contribution in [0.3, 0.4) is 0 Å². The van der Waals surface area contributed by atoms with Gasteiger partial charge < -0.3 is 20.1 Å². The molecular formula is C19H36N4O2. The Morgan fingerprint density at radius 2 is 1.76 bits per heavy atom. The Hall–Kier alpha value is -0.850. The third kappa shape index (κ3) is 4.47. The van der Waals surface area contributed by atoms with Crippen LogP contribution in [0.25, 0.3) is 0 Å². The van der Waals surface area contributed by atoms with Gasteiger partial charge in [0, 0.05) is 52.4 Å². The number of aliphatic hydroxyl groups is 1. The lowest BCUT2D eigenvalue weighted by Crippen LogP contribution is -2.58. The van der Waals surface area contributed by atoms with Gasteiger partial charge in [-0.25, -0.2) is 0 Å². The van der Waals surface area contributed by atoms with Crippen LogP contribution >= 0.6 is 0 Å². The number of nitrogens with zero attached hydrogens (tertiary/aromatic N) is 3. The summed E-state index contributed by atoms with van der Waals surface area (Å²) < 4.78 is 5.55. The van der Waals surface area contributed by atoms with E-state index in [0.717, 1.165) is 64.4 Å². The Kier molecular flexibility index (Phi) is 6.58. The Morgan fingerprint density at radius 3 is 2.32 bits per heavy atom. The minimum Gasteiger partial charge on any atom is -0.393 e. The summed E-state index contributed by atoms with van der Waals surface area (Å²) in [4.78, 5) is 9.53. The molecule has 144 valence electrons. The molecule has 3 fully saturated rings. The van der Waals surface area contributed by atoms with E-state index in [9.17, 15) is 5.11 Å². The first-order chi connectivity index (χ1) is 12.2. The molecule has 2 saturated heterocycles. The van der Waals surface area contributed by atoms with Gasteiger partial charge in [0.1, 0.15) is 0 Å². The quantitative estimate of drug-likeness (QED) is 0.592. The SMILES string of the molecule is CN=C(NCC1(N2CCC(OC)CC2)CCCC1)N1CCC(O)CC1. The highest BCUT2D eigenvalue weighted by atomic mass is 16.5. The third-order valence-corrected chi connectivity index (χ3v) is 6.53. The van der Waals surface area contributed by atoms with Crippen molar-refractivity contribution in [3.8, 4) is 0 Å². The Labute approximate surface area is 152 Å². The van der Waals surface area contributed by atoms with Gasteiger partial charge in [0.25, 0.3) is 0 Å². The first-order valence-corrected chi connectivity index (χ1v) is 10.1. The first kappa shape index (κ1) is 18.9. The number of piperidine rings is 2. The second-order valence-electron chi connectivity index (χ2n) is 7.97. The van der Waals surface area contributed by atoms with Crippen molar-refractivity contribution in [2.45, 2.75) is 69.1 Å². The number of hydrogen-bond acceptors (Lipinski definition) is 4. The topological polar surface area (TPSA) is 60.3 Å². The van der Waals surface area contributed by atoms with Crippen LogP contribution in [0.15, 0.2) is 4.99 Å². The van der Waals surface area contributed by atoms with Crippen LogP contribution in [0.4, 0.5) is 0 Å². The first-order valence-electron chi connectivity index (χ1n) is 10.1. The summed E-state index contributed by atoms with van der Waals surface area (Å²) in [7, 11) is 3.71. The molecule has 2 N–H and O–H groups in total. The summed E-state index contributed by atoms with van der Waals surface area (Å²) in [5.41, 5.74) is 0.282. The van der Waals surface area contributed by atoms with Gasteiger partial charge in [-0.15, -0.1) is 0 Å². The summed E-state index contributed by atoms with van der Waals surface area (Å²) >= 11 is 0. The molecule has 0 amide bonds. The maximum absolute atomic E-state index is 9.73. The van der Waals surface area contributed by atoms with Gasteiger partial charge in [-0.2, -0.15) is 0 Å². The summed E-state index contributed by atoms with van der Waals surface area (Å²) in [6.45, 7) is 5.07. The van der Waals surface area contributed by atoms with Crippen LogP contribution < -0.4 is 5.32 Å². The molecule has 0 aromatic rings. The van der Waals surface area contributed by atoms with Crippen molar-refractivity contribution < 1.29 is 9.84 Å². The zero-order chi connectivity index (χ0) is 17.7. The van der Waals surface area contributed by atoms with E-state index < -0.39 is 0 Å². The van der Waals surface area contributed by atoms with Crippen molar-refractivity contribution in [3.05, 3.63) is 0 Å². The summed E-state index contributed by atoms with van der Waals surface area (Å²) in [6, 6.07) is 0. The number of ether oxygens (including phenoxy) is 1. The molecule has 0 radical (unpaired) electrons. The van der Waals surface area contributed by atoms with E-state index >= 15 is 0 Å². The van der Waals surface area contributed by atoms with Crippen molar-refractivity contribution in [3.63, 3.8) is 0 Å². The zero-order valence-corrected chi connectivity index (χ0v) is 16.0. The number of likely N-dealkylation sites (tertiary alicyclic amines) is 2. The van der Waals surface area contributed by atoms with Crippen LogP contribution in [0.2, 0.25) is 0 Å². The molecule has 0 aromatic heterocycles. The number of hydrogen-bond donors (Lipinski definition) is 2. The standard InChI is InChI=1S/C19H36N4O2/c1-20-18(22-11-5-16(24)6-12-22)21-15-19(9-3-4-10-19)23-13-7-17(25-2)8-14-23/h16-17,24H,3-15H2,1-2H3,(H,20,21). The highest BCUT2D eigenvalue weighted by molar-refractivity contribution is 5.80. The van der Waals surface area contributed by atoms with Gasteiger partial charge in [-0.05, 0) is 38.5 Å². The van der Waals surface area contributed by atoms with Crippen molar-refractivity contribution in [1.29, 1.82) is 0 Å². The zero-order valence-electron chi connectivity index (χ0n) is 16.0. The minimum absolute atomic E-state index is 0.141. The molecule has 1 aliphatic carbocycles. The minimum atomic E-state index is -0.141. The second-order valence-corrected chi connectivity index (χ2v) is 7.97. The van der Waals surface area contributed by atoms with Gasteiger partial charge in [0.15, 0.2) is 5.96 Å². The molecule has 2 heterocycles. The molecule has 3 rings (SSSR count). The molecule has 0 bridgehead atoms. The van der Waals surface area contributed by atoms with Gasteiger partial charge in [0.2, 0.25) is 0 Å². The largest absolute Gasteiger partial charge is 0.393 e. The van der Waals surface area contributed by atoms with Gasteiger partial charge >= 0.3 is 0 Å². The number of rotatable bonds is 4. The van der Waals surface area contributed by atoms with Gasteiger partial charge in [0.05, 0.1) is 12.2 Å². The molecule has 1 saturated carbocycles. The Balaban J connectivity index is 1.58. The predicted molar refractivity (Wildman–Crippen MR) is 101 cm³/mol. The maximum Gasteiger partial charge on any atom is 0.193 e.